The van der Waals surface area contributed by atoms with Crippen LogP contribution in [0.25, 0.3) is 11.2 Å². The topological polar surface area (TPSA) is 94.0 Å². The first-order valence-corrected chi connectivity index (χ1v) is 12.3. The van der Waals surface area contributed by atoms with Gasteiger partial charge >= 0.3 is 0 Å². The molecule has 0 fully saturated rings. The second kappa shape index (κ2) is 8.96. The first-order valence-electron chi connectivity index (χ1n) is 10.4. The molecule has 0 unspecified atom stereocenters. The van der Waals surface area contributed by atoms with E-state index in [1.165, 1.54) is 24.4 Å². The van der Waals surface area contributed by atoms with E-state index in [1.54, 1.807) is 19.1 Å². The van der Waals surface area contributed by atoms with Gasteiger partial charge in [0.15, 0.2) is 5.65 Å². The maximum absolute atomic E-state index is 12.9. The molecule has 9 heteroatoms. The van der Waals surface area contributed by atoms with Crippen LogP contribution in [-0.4, -0.2) is 28.9 Å². The van der Waals surface area contributed by atoms with Crippen LogP contribution < -0.4 is 4.72 Å². The maximum atomic E-state index is 12.9. The second-order valence-corrected chi connectivity index (χ2v) is 9.89. The molecule has 33 heavy (non-hydrogen) atoms. The molecule has 2 heterocycles. The Morgan fingerprint density at radius 1 is 1.09 bits per heavy atom. The second-order valence-electron chi connectivity index (χ2n) is 7.80. The number of aromatic nitrogens is 3. The molecule has 0 saturated heterocycles. The van der Waals surface area contributed by atoms with Gasteiger partial charge in [-0.3, -0.25) is 4.79 Å². The number of fused-ring (bicyclic) bond motifs is 1. The number of rotatable bonds is 6. The number of nitrogens with zero attached hydrogens (tertiary/aromatic N) is 3. The number of hydrogen-bond acceptors (Lipinski definition) is 5. The fourth-order valence-corrected chi connectivity index (χ4v) is 4.79. The van der Waals surface area contributed by atoms with Crippen molar-refractivity contribution in [2.24, 2.45) is 0 Å². The van der Waals surface area contributed by atoms with Gasteiger partial charge in [-0.05, 0) is 55.7 Å². The molecule has 0 atom stereocenters. The minimum Gasteiger partial charge on any atom is -0.308 e. The number of amides is 1. The summed E-state index contributed by atoms with van der Waals surface area (Å²) in [7, 11) is -4.03. The lowest BCUT2D eigenvalue weighted by Gasteiger charge is -2.10. The Bertz CT molecular complexity index is 1460. The molecule has 0 spiro atoms. The third-order valence-electron chi connectivity index (χ3n) is 5.48. The Kier molecular flexibility index (Phi) is 6.23. The van der Waals surface area contributed by atoms with Crippen LogP contribution >= 0.6 is 11.6 Å². The van der Waals surface area contributed by atoms with E-state index in [0.29, 0.717) is 28.6 Å². The first kappa shape index (κ1) is 22.9. The lowest BCUT2D eigenvalue weighted by molar-refractivity contribution is 0.0983. The van der Waals surface area contributed by atoms with Gasteiger partial charge in [0.1, 0.15) is 11.3 Å². The monoisotopic (exact) mass is 482 g/mol. The zero-order valence-electron chi connectivity index (χ0n) is 18.5. The lowest BCUT2D eigenvalue weighted by atomic mass is 10.1. The van der Waals surface area contributed by atoms with Crippen molar-refractivity contribution in [2.75, 3.05) is 0 Å². The molecule has 170 valence electrons. The summed E-state index contributed by atoms with van der Waals surface area (Å²) >= 11 is 6.47. The van der Waals surface area contributed by atoms with Crippen LogP contribution in [0.15, 0.2) is 59.6 Å². The maximum Gasteiger partial charge on any atom is 0.267 e. The molecule has 0 aliphatic heterocycles. The van der Waals surface area contributed by atoms with Gasteiger partial charge in [-0.15, -0.1) is 0 Å². The zero-order chi connectivity index (χ0) is 23.8. The highest BCUT2D eigenvalue weighted by Gasteiger charge is 2.23. The van der Waals surface area contributed by atoms with Gasteiger partial charge in [-0.2, -0.15) is 0 Å². The molecule has 0 radical (unpaired) electrons. The third-order valence-corrected chi connectivity index (χ3v) is 7.18. The van der Waals surface area contributed by atoms with E-state index >= 15 is 0 Å². The van der Waals surface area contributed by atoms with Crippen molar-refractivity contribution in [2.45, 2.75) is 38.6 Å². The van der Waals surface area contributed by atoms with E-state index in [2.05, 4.69) is 21.6 Å². The fourth-order valence-electron chi connectivity index (χ4n) is 3.56. The van der Waals surface area contributed by atoms with Gasteiger partial charge in [0.05, 0.1) is 17.0 Å². The molecule has 0 aliphatic carbocycles. The van der Waals surface area contributed by atoms with Crippen LogP contribution in [0.4, 0.5) is 0 Å². The van der Waals surface area contributed by atoms with Crippen molar-refractivity contribution in [3.8, 4) is 0 Å². The third kappa shape index (κ3) is 4.62. The van der Waals surface area contributed by atoms with Crippen molar-refractivity contribution in [3.63, 3.8) is 0 Å². The van der Waals surface area contributed by atoms with Crippen LogP contribution in [0.1, 0.15) is 39.8 Å². The van der Waals surface area contributed by atoms with Crippen molar-refractivity contribution in [3.05, 3.63) is 87.8 Å². The molecule has 4 rings (SSSR count). The van der Waals surface area contributed by atoms with Crippen LogP contribution in [0.5, 0.6) is 0 Å². The number of carbonyl (C=O) groups excluding carboxylic acids is 1. The summed E-state index contributed by atoms with van der Waals surface area (Å²) in [6.07, 6.45) is 2.35. The van der Waals surface area contributed by atoms with E-state index in [-0.39, 0.29) is 10.5 Å². The molecular weight excluding hydrogens is 460 g/mol. The van der Waals surface area contributed by atoms with Crippen LogP contribution in [0.2, 0.25) is 5.02 Å². The van der Waals surface area contributed by atoms with Crippen molar-refractivity contribution in [1.82, 2.24) is 19.3 Å². The predicted octanol–water partition coefficient (Wildman–Crippen LogP) is 4.43. The fraction of sp³-hybridized carbons (Fsp3) is 0.208. The Balaban J connectivity index is 1.68. The summed E-state index contributed by atoms with van der Waals surface area (Å²) in [5, 5.41) is 0.647. The zero-order valence-corrected chi connectivity index (χ0v) is 20.0. The Morgan fingerprint density at radius 2 is 1.82 bits per heavy atom. The summed E-state index contributed by atoms with van der Waals surface area (Å²) in [5.41, 5.74) is 3.89. The summed E-state index contributed by atoms with van der Waals surface area (Å²) in [6.45, 7) is 6.15. The number of halogens is 1. The van der Waals surface area contributed by atoms with Gasteiger partial charge in [0, 0.05) is 11.2 Å². The standard InChI is InChI=1S/C24H23ClN4O3S/c1-4-17-7-8-18(21(25)13-17)14-29-16(3)27-22-20(11-12-26-23(22)29)24(30)28-33(31,32)19-9-5-15(2)6-10-19/h5-13H,4,14H2,1-3H3,(H,28,30). The number of benzene rings is 2. The first-order chi connectivity index (χ1) is 15.7. The molecule has 0 aliphatic rings. The SMILES string of the molecule is CCc1ccc(Cn2c(C)nc3c(C(=O)NS(=O)(=O)c4ccc(C)cc4)ccnc32)c(Cl)c1. The molecule has 1 amide bonds. The van der Waals surface area contributed by atoms with E-state index in [4.69, 9.17) is 11.6 Å². The minimum absolute atomic E-state index is 0.0126. The Morgan fingerprint density at radius 3 is 2.48 bits per heavy atom. The average Bonchev–Trinajstić information content (AvgIpc) is 3.10. The molecule has 7 nitrogen and oxygen atoms in total. The van der Waals surface area contributed by atoms with Crippen LogP contribution in [0.3, 0.4) is 0 Å². The minimum atomic E-state index is -4.03. The van der Waals surface area contributed by atoms with Crippen LogP contribution in [0, 0.1) is 13.8 Å². The molecular formula is C24H23ClN4O3S. The van der Waals surface area contributed by atoms with E-state index in [9.17, 15) is 13.2 Å². The van der Waals surface area contributed by atoms with E-state index in [1.807, 2.05) is 29.7 Å². The van der Waals surface area contributed by atoms with Gasteiger partial charge < -0.3 is 4.57 Å². The largest absolute Gasteiger partial charge is 0.308 e. The predicted molar refractivity (Wildman–Crippen MR) is 128 cm³/mol. The van der Waals surface area contributed by atoms with Crippen LogP contribution in [-0.2, 0) is 23.0 Å². The molecule has 0 saturated carbocycles. The van der Waals surface area contributed by atoms with Crippen molar-refractivity contribution >= 4 is 38.7 Å². The molecule has 4 aromatic rings. The van der Waals surface area contributed by atoms with Gasteiger partial charge in [-0.25, -0.2) is 23.1 Å². The highest BCUT2D eigenvalue weighted by molar-refractivity contribution is 7.90. The number of pyridine rings is 1. The summed E-state index contributed by atoms with van der Waals surface area (Å²) < 4.78 is 29.3. The summed E-state index contributed by atoms with van der Waals surface area (Å²) in [4.78, 5) is 21.8. The Labute approximate surface area is 197 Å². The highest BCUT2D eigenvalue weighted by Crippen LogP contribution is 2.24. The lowest BCUT2D eigenvalue weighted by Crippen LogP contribution is -2.30. The van der Waals surface area contributed by atoms with E-state index in [0.717, 1.165) is 23.1 Å². The average molecular weight is 483 g/mol. The van der Waals surface area contributed by atoms with Crippen molar-refractivity contribution in [1.29, 1.82) is 0 Å². The molecule has 1 N–H and O–H groups in total. The number of nitrogens with one attached hydrogen (secondary N) is 1. The number of carbonyl (C=O) groups is 1. The quantitative estimate of drug-likeness (QED) is 0.438. The number of aryl methyl sites for hydroxylation is 3. The van der Waals surface area contributed by atoms with Gasteiger partial charge in [-0.1, -0.05) is 48.4 Å². The number of imidazole rings is 1. The smallest absolute Gasteiger partial charge is 0.267 e. The summed E-state index contributed by atoms with van der Waals surface area (Å²) in [6, 6.07) is 13.7. The van der Waals surface area contributed by atoms with Gasteiger partial charge in [0.2, 0.25) is 0 Å². The molecule has 2 aromatic heterocycles. The molecule has 0 bridgehead atoms. The molecule has 2 aromatic carbocycles. The number of sulfonamides is 1. The van der Waals surface area contributed by atoms with E-state index < -0.39 is 15.9 Å². The van der Waals surface area contributed by atoms with Crippen molar-refractivity contribution < 1.29 is 13.2 Å². The van der Waals surface area contributed by atoms with Gasteiger partial charge in [0.25, 0.3) is 15.9 Å². The highest BCUT2D eigenvalue weighted by atomic mass is 35.5. The number of hydrogen-bond donors (Lipinski definition) is 1. The Hall–Kier alpha value is -3.23. The normalized spacial score (nSPS) is 11.6. The summed E-state index contributed by atoms with van der Waals surface area (Å²) in [5.74, 6) is -0.132.